The van der Waals surface area contributed by atoms with Crippen LogP contribution in [0.2, 0.25) is 0 Å². The first-order valence-electron chi connectivity index (χ1n) is 8.29. The van der Waals surface area contributed by atoms with Gasteiger partial charge in [0, 0.05) is 6.54 Å². The van der Waals surface area contributed by atoms with Crippen LogP contribution in [0.5, 0.6) is 0 Å². The number of aromatic nitrogens is 3. The standard InChI is InChI=1S/C17H23N5O2.ClH/c1-12-4-2-3-5-14(12)16(23)10-19-17(24)15-11-22(21-20-15)13-6-8-18-9-7-13;/h2-5,11,13,16,18,23H,6-10H2,1H3,(H,19,24);1H. The average Bonchev–Trinajstić information content (AvgIpc) is 3.11. The number of piperidine rings is 1. The molecule has 25 heavy (non-hydrogen) atoms. The van der Waals surface area contributed by atoms with Crippen LogP contribution in [0.3, 0.4) is 0 Å². The summed E-state index contributed by atoms with van der Waals surface area (Å²) in [6.07, 6.45) is 2.91. The van der Waals surface area contributed by atoms with Crippen molar-refractivity contribution in [2.24, 2.45) is 0 Å². The molecule has 2 heterocycles. The Labute approximate surface area is 153 Å². The molecule has 136 valence electrons. The van der Waals surface area contributed by atoms with E-state index in [0.717, 1.165) is 37.1 Å². The first kappa shape index (κ1) is 19.4. The number of rotatable bonds is 5. The van der Waals surface area contributed by atoms with Gasteiger partial charge in [-0.1, -0.05) is 29.5 Å². The SMILES string of the molecule is Cc1ccccc1C(O)CNC(=O)c1cn(C2CCNCC2)nn1.Cl. The fourth-order valence-electron chi connectivity index (χ4n) is 2.98. The van der Waals surface area contributed by atoms with E-state index >= 15 is 0 Å². The zero-order chi connectivity index (χ0) is 16.9. The van der Waals surface area contributed by atoms with Gasteiger partial charge >= 0.3 is 0 Å². The molecule has 1 saturated heterocycles. The van der Waals surface area contributed by atoms with Crippen molar-refractivity contribution >= 4 is 18.3 Å². The number of benzene rings is 1. The van der Waals surface area contributed by atoms with Gasteiger partial charge in [-0.3, -0.25) is 4.79 Å². The Morgan fingerprint density at radius 1 is 1.40 bits per heavy atom. The molecule has 0 aliphatic carbocycles. The minimum absolute atomic E-state index is 0. The summed E-state index contributed by atoms with van der Waals surface area (Å²) >= 11 is 0. The first-order valence-corrected chi connectivity index (χ1v) is 8.29. The Balaban J connectivity index is 0.00000225. The van der Waals surface area contributed by atoms with Crippen molar-refractivity contribution in [2.45, 2.75) is 31.9 Å². The number of carbonyl (C=O) groups excluding carboxylic acids is 1. The van der Waals surface area contributed by atoms with Crippen molar-refractivity contribution in [2.75, 3.05) is 19.6 Å². The van der Waals surface area contributed by atoms with E-state index in [9.17, 15) is 9.90 Å². The Bertz CT molecular complexity index is 700. The zero-order valence-electron chi connectivity index (χ0n) is 14.2. The summed E-state index contributed by atoms with van der Waals surface area (Å²) in [5.74, 6) is -0.317. The molecule has 1 amide bonds. The predicted molar refractivity (Wildman–Crippen MR) is 96.9 cm³/mol. The lowest BCUT2D eigenvalue weighted by molar-refractivity contribution is 0.0911. The summed E-state index contributed by atoms with van der Waals surface area (Å²) in [7, 11) is 0. The number of carbonyl (C=O) groups is 1. The summed E-state index contributed by atoms with van der Waals surface area (Å²) < 4.78 is 1.77. The number of amides is 1. The van der Waals surface area contributed by atoms with Gasteiger partial charge in [0.2, 0.25) is 0 Å². The normalized spacial score (nSPS) is 16.1. The van der Waals surface area contributed by atoms with E-state index in [-0.39, 0.29) is 36.6 Å². The van der Waals surface area contributed by atoms with E-state index in [2.05, 4.69) is 20.9 Å². The lowest BCUT2D eigenvalue weighted by Gasteiger charge is -2.22. The van der Waals surface area contributed by atoms with Gasteiger partial charge < -0.3 is 15.7 Å². The van der Waals surface area contributed by atoms with E-state index < -0.39 is 6.10 Å². The van der Waals surface area contributed by atoms with Gasteiger partial charge in [-0.05, 0) is 44.0 Å². The molecule has 0 bridgehead atoms. The Hall–Kier alpha value is -1.96. The molecule has 2 aromatic rings. The Morgan fingerprint density at radius 3 is 2.84 bits per heavy atom. The maximum atomic E-state index is 12.2. The maximum absolute atomic E-state index is 12.2. The molecule has 0 radical (unpaired) electrons. The monoisotopic (exact) mass is 365 g/mol. The quantitative estimate of drug-likeness (QED) is 0.744. The number of nitrogens with one attached hydrogen (secondary N) is 2. The van der Waals surface area contributed by atoms with E-state index in [1.807, 2.05) is 31.2 Å². The lowest BCUT2D eigenvalue weighted by Crippen LogP contribution is -2.30. The van der Waals surface area contributed by atoms with Crippen molar-refractivity contribution in [1.82, 2.24) is 25.6 Å². The molecule has 8 heteroatoms. The fourth-order valence-corrected chi connectivity index (χ4v) is 2.98. The molecule has 0 spiro atoms. The van der Waals surface area contributed by atoms with Crippen LogP contribution in [-0.4, -0.2) is 45.6 Å². The van der Waals surface area contributed by atoms with Gasteiger partial charge in [-0.15, -0.1) is 17.5 Å². The van der Waals surface area contributed by atoms with Crippen molar-refractivity contribution in [1.29, 1.82) is 0 Å². The number of aliphatic hydroxyl groups is 1. The summed E-state index contributed by atoms with van der Waals surface area (Å²) in [6.45, 7) is 3.98. The third-order valence-corrected chi connectivity index (χ3v) is 4.43. The summed E-state index contributed by atoms with van der Waals surface area (Å²) in [6, 6.07) is 7.88. The van der Waals surface area contributed by atoms with Crippen LogP contribution in [0.25, 0.3) is 0 Å². The van der Waals surface area contributed by atoms with E-state index in [4.69, 9.17) is 0 Å². The number of nitrogens with zero attached hydrogens (tertiary/aromatic N) is 3. The second-order valence-corrected chi connectivity index (χ2v) is 6.15. The van der Waals surface area contributed by atoms with Crippen LogP contribution in [-0.2, 0) is 0 Å². The molecule has 1 aromatic carbocycles. The van der Waals surface area contributed by atoms with Crippen LogP contribution in [0.1, 0.15) is 46.6 Å². The largest absolute Gasteiger partial charge is 0.387 e. The number of hydrogen-bond acceptors (Lipinski definition) is 5. The molecule has 1 aliphatic rings. The molecule has 0 saturated carbocycles. The highest BCUT2D eigenvalue weighted by Crippen LogP contribution is 2.18. The van der Waals surface area contributed by atoms with E-state index in [1.165, 1.54) is 0 Å². The zero-order valence-corrected chi connectivity index (χ0v) is 15.0. The highest BCUT2D eigenvalue weighted by Gasteiger charge is 2.19. The smallest absolute Gasteiger partial charge is 0.273 e. The average molecular weight is 366 g/mol. The first-order chi connectivity index (χ1) is 11.6. The fraction of sp³-hybridized carbons (Fsp3) is 0.471. The van der Waals surface area contributed by atoms with Gasteiger partial charge in [0.05, 0.1) is 18.3 Å². The van der Waals surface area contributed by atoms with E-state index in [1.54, 1.807) is 10.9 Å². The summed E-state index contributed by atoms with van der Waals surface area (Å²) in [4.78, 5) is 12.2. The summed E-state index contributed by atoms with van der Waals surface area (Å²) in [5, 5.41) is 24.3. The van der Waals surface area contributed by atoms with Crippen molar-refractivity contribution in [3.8, 4) is 0 Å². The molecule has 7 nitrogen and oxygen atoms in total. The Morgan fingerprint density at radius 2 is 2.12 bits per heavy atom. The molecular weight excluding hydrogens is 342 g/mol. The van der Waals surface area contributed by atoms with Gasteiger partial charge in [0.25, 0.3) is 5.91 Å². The number of aryl methyl sites for hydroxylation is 1. The molecule has 1 aromatic heterocycles. The highest BCUT2D eigenvalue weighted by molar-refractivity contribution is 5.91. The third-order valence-electron chi connectivity index (χ3n) is 4.43. The predicted octanol–water partition coefficient (Wildman–Crippen LogP) is 1.40. The number of hydrogen-bond donors (Lipinski definition) is 3. The van der Waals surface area contributed by atoms with Crippen LogP contribution in [0, 0.1) is 6.92 Å². The second-order valence-electron chi connectivity index (χ2n) is 6.15. The van der Waals surface area contributed by atoms with Gasteiger partial charge in [0.1, 0.15) is 0 Å². The van der Waals surface area contributed by atoms with Crippen molar-refractivity contribution < 1.29 is 9.90 Å². The topological polar surface area (TPSA) is 92.1 Å². The van der Waals surface area contributed by atoms with Crippen molar-refractivity contribution in [3.63, 3.8) is 0 Å². The molecule has 3 rings (SSSR count). The second kappa shape index (κ2) is 8.94. The van der Waals surface area contributed by atoms with Crippen LogP contribution >= 0.6 is 12.4 Å². The van der Waals surface area contributed by atoms with Gasteiger partial charge in [-0.2, -0.15) is 0 Å². The minimum Gasteiger partial charge on any atom is -0.387 e. The van der Waals surface area contributed by atoms with Gasteiger partial charge in [0.15, 0.2) is 5.69 Å². The minimum atomic E-state index is -0.741. The van der Waals surface area contributed by atoms with Crippen LogP contribution in [0.4, 0.5) is 0 Å². The maximum Gasteiger partial charge on any atom is 0.273 e. The molecule has 3 N–H and O–H groups in total. The molecule has 1 aliphatic heterocycles. The van der Waals surface area contributed by atoms with Crippen molar-refractivity contribution in [3.05, 3.63) is 47.3 Å². The van der Waals surface area contributed by atoms with Gasteiger partial charge in [-0.25, -0.2) is 4.68 Å². The Kier molecular flexibility index (Phi) is 6.92. The number of halogens is 1. The highest BCUT2D eigenvalue weighted by atomic mass is 35.5. The van der Waals surface area contributed by atoms with E-state index in [0.29, 0.717) is 0 Å². The van der Waals surface area contributed by atoms with Crippen LogP contribution < -0.4 is 10.6 Å². The van der Waals surface area contributed by atoms with Crippen LogP contribution in [0.15, 0.2) is 30.5 Å². The molecular formula is C17H24ClN5O2. The molecule has 1 atom stereocenters. The third kappa shape index (κ3) is 4.78. The molecule has 1 fully saturated rings. The lowest BCUT2D eigenvalue weighted by atomic mass is 10.0. The number of aliphatic hydroxyl groups excluding tert-OH is 1. The summed E-state index contributed by atoms with van der Waals surface area (Å²) in [5.41, 5.74) is 2.10. The molecule has 1 unspecified atom stereocenters.